The second kappa shape index (κ2) is 3.65. The van der Waals surface area contributed by atoms with Crippen LogP contribution in [0.3, 0.4) is 0 Å². The number of nitrogens with one attached hydrogen (secondary N) is 1. The van der Waals surface area contributed by atoms with E-state index in [1.165, 1.54) is 0 Å². The van der Waals surface area contributed by atoms with Crippen molar-refractivity contribution < 1.29 is 14.3 Å². The predicted octanol–water partition coefficient (Wildman–Crippen LogP) is -0.0162. The van der Waals surface area contributed by atoms with Crippen molar-refractivity contribution in [2.24, 2.45) is 16.3 Å². The smallest absolute Gasteiger partial charge is 0.332 e. The monoisotopic (exact) mass is 199 g/mol. The van der Waals surface area contributed by atoms with Crippen LogP contribution in [0.1, 0.15) is 20.3 Å². The fraction of sp³-hybridized carbons (Fsp3) is 0.625. The van der Waals surface area contributed by atoms with Gasteiger partial charge < -0.3 is 10.5 Å². The molecule has 2 amide bonds. The first kappa shape index (κ1) is 10.5. The third-order valence-corrected chi connectivity index (χ3v) is 2.42. The molecular weight excluding hydrogens is 186 g/mol. The molecule has 0 bridgehead atoms. The minimum absolute atomic E-state index is 0.315. The van der Waals surface area contributed by atoms with E-state index in [0.29, 0.717) is 18.7 Å². The molecule has 1 aliphatic rings. The van der Waals surface area contributed by atoms with Gasteiger partial charge in [-0.15, -0.1) is 0 Å². The summed E-state index contributed by atoms with van der Waals surface area (Å²) < 4.78 is 4.83. The van der Waals surface area contributed by atoms with Gasteiger partial charge in [-0.1, -0.05) is 0 Å². The van der Waals surface area contributed by atoms with Crippen LogP contribution in [0.15, 0.2) is 5.10 Å². The van der Waals surface area contributed by atoms with Crippen LogP contribution in [-0.2, 0) is 9.53 Å². The van der Waals surface area contributed by atoms with Crippen molar-refractivity contribution in [2.45, 2.75) is 20.3 Å². The second-order valence-corrected chi connectivity index (χ2v) is 3.39. The molecule has 0 spiro atoms. The molecule has 1 fully saturated rings. The molecule has 6 heteroatoms. The molecule has 1 atom stereocenters. The topological polar surface area (TPSA) is 93.8 Å². The lowest BCUT2D eigenvalue weighted by Crippen LogP contribution is -2.34. The Morgan fingerprint density at radius 3 is 2.79 bits per heavy atom. The minimum Gasteiger partial charge on any atom is -0.465 e. The Balaban J connectivity index is 2.76. The summed E-state index contributed by atoms with van der Waals surface area (Å²) in [4.78, 5) is 21.7. The molecule has 14 heavy (non-hydrogen) atoms. The quantitative estimate of drug-likeness (QED) is 0.372. The van der Waals surface area contributed by atoms with E-state index in [9.17, 15) is 9.59 Å². The number of rotatable bonds is 2. The van der Waals surface area contributed by atoms with Gasteiger partial charge in [0.05, 0.1) is 12.3 Å². The lowest BCUT2D eigenvalue weighted by atomic mass is 9.84. The molecule has 1 rings (SSSR count). The number of carbonyl (C=O) groups is 2. The second-order valence-electron chi connectivity index (χ2n) is 3.39. The molecule has 1 heterocycles. The lowest BCUT2D eigenvalue weighted by molar-refractivity contribution is -0.142. The standard InChI is InChI=1S/C8H13N3O3/c1-5(10-11-7(9)13)8(2)3-4-14-6(8)12/h3-4H2,1-2H3,(H3,9,11,13)/b10-5+. The van der Waals surface area contributed by atoms with Gasteiger partial charge in [0.1, 0.15) is 5.41 Å². The van der Waals surface area contributed by atoms with Gasteiger partial charge in [-0.2, -0.15) is 5.10 Å². The van der Waals surface area contributed by atoms with Crippen LogP contribution in [0, 0.1) is 5.41 Å². The summed E-state index contributed by atoms with van der Waals surface area (Å²) in [6.45, 7) is 3.77. The fourth-order valence-electron chi connectivity index (χ4n) is 1.20. The number of nitrogens with two attached hydrogens (primary N) is 1. The Hall–Kier alpha value is -1.59. The van der Waals surface area contributed by atoms with Crippen LogP contribution in [0.5, 0.6) is 0 Å². The van der Waals surface area contributed by atoms with Gasteiger partial charge in [-0.05, 0) is 13.8 Å². The fourth-order valence-corrected chi connectivity index (χ4v) is 1.20. The first-order valence-electron chi connectivity index (χ1n) is 4.24. The van der Waals surface area contributed by atoms with Crippen molar-refractivity contribution in [3.05, 3.63) is 0 Å². The highest BCUT2D eigenvalue weighted by Gasteiger charge is 2.42. The number of primary amides is 1. The number of carbonyl (C=O) groups excluding carboxylic acids is 2. The first-order chi connectivity index (χ1) is 6.47. The van der Waals surface area contributed by atoms with Crippen LogP contribution in [0.4, 0.5) is 4.79 Å². The normalized spacial score (nSPS) is 27.3. The lowest BCUT2D eigenvalue weighted by Gasteiger charge is -2.17. The summed E-state index contributed by atoms with van der Waals surface area (Å²) in [6.07, 6.45) is 0.571. The maximum absolute atomic E-state index is 11.3. The van der Waals surface area contributed by atoms with Crippen molar-refractivity contribution in [3.8, 4) is 0 Å². The number of ether oxygens (including phenoxy) is 1. The van der Waals surface area contributed by atoms with Crippen molar-refractivity contribution in [3.63, 3.8) is 0 Å². The highest BCUT2D eigenvalue weighted by Crippen LogP contribution is 2.30. The Morgan fingerprint density at radius 2 is 2.36 bits per heavy atom. The molecule has 0 radical (unpaired) electrons. The number of hydrogen-bond acceptors (Lipinski definition) is 4. The minimum atomic E-state index is -0.751. The number of cyclic esters (lactones) is 1. The molecule has 0 aromatic heterocycles. The zero-order valence-electron chi connectivity index (χ0n) is 8.16. The van der Waals surface area contributed by atoms with Crippen LogP contribution in [0.2, 0.25) is 0 Å². The van der Waals surface area contributed by atoms with Crippen molar-refractivity contribution >= 4 is 17.7 Å². The van der Waals surface area contributed by atoms with E-state index in [0.717, 1.165) is 0 Å². The molecule has 6 nitrogen and oxygen atoms in total. The number of hydrazone groups is 1. The van der Waals surface area contributed by atoms with E-state index in [1.54, 1.807) is 13.8 Å². The van der Waals surface area contributed by atoms with Crippen molar-refractivity contribution in [1.29, 1.82) is 0 Å². The number of urea groups is 1. The molecule has 1 aliphatic heterocycles. The number of amides is 2. The van der Waals surface area contributed by atoms with E-state index in [4.69, 9.17) is 10.5 Å². The number of nitrogens with zero attached hydrogens (tertiary/aromatic N) is 1. The van der Waals surface area contributed by atoms with Gasteiger partial charge in [0, 0.05) is 6.42 Å². The molecule has 0 saturated carbocycles. The van der Waals surface area contributed by atoms with Gasteiger partial charge >= 0.3 is 12.0 Å². The predicted molar refractivity (Wildman–Crippen MR) is 49.5 cm³/mol. The number of esters is 1. The Labute approximate surface area is 81.5 Å². The average Bonchev–Trinajstić information content (AvgIpc) is 2.44. The Morgan fingerprint density at radius 1 is 1.71 bits per heavy atom. The largest absolute Gasteiger partial charge is 0.465 e. The molecule has 0 aliphatic carbocycles. The zero-order chi connectivity index (χ0) is 10.8. The van der Waals surface area contributed by atoms with Gasteiger partial charge in [-0.25, -0.2) is 10.2 Å². The maximum atomic E-state index is 11.3. The van der Waals surface area contributed by atoms with E-state index in [-0.39, 0.29) is 5.97 Å². The zero-order valence-corrected chi connectivity index (χ0v) is 8.16. The maximum Gasteiger partial charge on any atom is 0.332 e. The molecular formula is C8H13N3O3. The molecule has 1 saturated heterocycles. The number of hydrogen-bond donors (Lipinski definition) is 2. The highest BCUT2D eigenvalue weighted by atomic mass is 16.5. The SMILES string of the molecule is C/C(=N\NC(N)=O)C1(C)CCOC1=O. The highest BCUT2D eigenvalue weighted by molar-refractivity contribution is 6.06. The first-order valence-corrected chi connectivity index (χ1v) is 4.24. The van der Waals surface area contributed by atoms with E-state index >= 15 is 0 Å². The van der Waals surface area contributed by atoms with Crippen molar-refractivity contribution in [1.82, 2.24) is 5.43 Å². The van der Waals surface area contributed by atoms with Gasteiger partial charge in [0.2, 0.25) is 0 Å². The van der Waals surface area contributed by atoms with E-state index < -0.39 is 11.4 Å². The van der Waals surface area contributed by atoms with Crippen LogP contribution in [-0.4, -0.2) is 24.3 Å². The van der Waals surface area contributed by atoms with E-state index in [2.05, 4.69) is 10.5 Å². The van der Waals surface area contributed by atoms with Crippen LogP contribution >= 0.6 is 0 Å². The third-order valence-electron chi connectivity index (χ3n) is 2.42. The summed E-state index contributed by atoms with van der Waals surface area (Å²) in [5, 5.41) is 3.72. The average molecular weight is 199 g/mol. The van der Waals surface area contributed by atoms with Gasteiger partial charge in [-0.3, -0.25) is 4.79 Å². The Kier molecular flexibility index (Phi) is 2.73. The Bertz CT molecular complexity index is 300. The molecule has 3 N–H and O–H groups in total. The summed E-state index contributed by atoms with van der Waals surface area (Å²) in [5.74, 6) is -0.315. The van der Waals surface area contributed by atoms with Crippen LogP contribution in [0.25, 0.3) is 0 Å². The summed E-state index contributed by atoms with van der Waals surface area (Å²) in [5.41, 5.74) is 6.70. The van der Waals surface area contributed by atoms with Gasteiger partial charge in [0.15, 0.2) is 0 Å². The van der Waals surface area contributed by atoms with E-state index in [1.807, 2.05) is 0 Å². The van der Waals surface area contributed by atoms with Gasteiger partial charge in [0.25, 0.3) is 0 Å². The summed E-state index contributed by atoms with van der Waals surface area (Å²) >= 11 is 0. The summed E-state index contributed by atoms with van der Waals surface area (Å²) in [6, 6.07) is -0.751. The third kappa shape index (κ3) is 1.84. The molecule has 0 aromatic rings. The van der Waals surface area contributed by atoms with Crippen molar-refractivity contribution in [2.75, 3.05) is 6.61 Å². The van der Waals surface area contributed by atoms with Crippen LogP contribution < -0.4 is 11.2 Å². The summed E-state index contributed by atoms with van der Waals surface area (Å²) in [7, 11) is 0. The molecule has 1 unspecified atom stereocenters. The molecule has 0 aromatic carbocycles. The molecule has 78 valence electrons.